The second kappa shape index (κ2) is 5.30. The summed E-state index contributed by atoms with van der Waals surface area (Å²) in [7, 11) is 2.15. The molecule has 2 fully saturated rings. The fraction of sp³-hybridized carbons (Fsp3) is 0.812. The number of rotatable bonds is 4. The van der Waals surface area contributed by atoms with Gasteiger partial charge < -0.3 is 10.5 Å². The van der Waals surface area contributed by atoms with E-state index in [0.717, 1.165) is 36.8 Å². The van der Waals surface area contributed by atoms with Crippen molar-refractivity contribution in [3.8, 4) is 0 Å². The van der Waals surface area contributed by atoms with Gasteiger partial charge in [0.25, 0.3) is 0 Å². The fourth-order valence-electron chi connectivity index (χ4n) is 4.25. The summed E-state index contributed by atoms with van der Waals surface area (Å²) in [6.45, 7) is 9.26. The molecule has 118 valence electrons. The SMILES string of the molecule is Cc1nc(CN(C)CC2(N)C3CCCOC3C2(C)C)cs1. The number of ether oxygens (including phenoxy) is 1. The topological polar surface area (TPSA) is 51.4 Å². The van der Waals surface area contributed by atoms with E-state index in [1.807, 2.05) is 0 Å². The van der Waals surface area contributed by atoms with Gasteiger partial charge in [-0.15, -0.1) is 11.3 Å². The van der Waals surface area contributed by atoms with E-state index in [4.69, 9.17) is 10.5 Å². The van der Waals surface area contributed by atoms with E-state index in [0.29, 0.717) is 12.0 Å². The zero-order valence-corrected chi connectivity index (χ0v) is 14.4. The minimum Gasteiger partial charge on any atom is -0.377 e. The molecule has 4 nitrogen and oxygen atoms in total. The number of nitrogens with zero attached hydrogens (tertiary/aromatic N) is 2. The summed E-state index contributed by atoms with van der Waals surface area (Å²) in [5.74, 6) is 0.501. The van der Waals surface area contributed by atoms with Crippen molar-refractivity contribution in [2.45, 2.75) is 51.8 Å². The average molecular weight is 309 g/mol. The van der Waals surface area contributed by atoms with Crippen LogP contribution < -0.4 is 5.73 Å². The number of thiazole rings is 1. The van der Waals surface area contributed by atoms with Gasteiger partial charge in [0.05, 0.1) is 16.8 Å². The standard InChI is InChI=1S/C16H27N3OS/c1-11-18-12(9-21-11)8-19(4)10-16(17)13-6-5-7-20-14(13)15(16,2)3/h9,13-14H,5-8,10,17H2,1-4H3. The van der Waals surface area contributed by atoms with E-state index >= 15 is 0 Å². The maximum atomic E-state index is 6.86. The molecule has 0 radical (unpaired) electrons. The Labute approximate surface area is 131 Å². The predicted molar refractivity (Wildman–Crippen MR) is 86.3 cm³/mol. The lowest BCUT2D eigenvalue weighted by atomic mass is 9.46. The van der Waals surface area contributed by atoms with Crippen LogP contribution in [0.15, 0.2) is 5.38 Å². The molecular formula is C16H27N3OS. The highest BCUT2D eigenvalue weighted by molar-refractivity contribution is 7.09. The molecule has 1 saturated carbocycles. The van der Waals surface area contributed by atoms with Crippen molar-refractivity contribution in [3.63, 3.8) is 0 Å². The Kier molecular flexibility index (Phi) is 3.89. The molecule has 1 aliphatic carbocycles. The van der Waals surface area contributed by atoms with Crippen LogP contribution in [0.3, 0.4) is 0 Å². The lowest BCUT2D eigenvalue weighted by molar-refractivity contribution is -0.231. The molecule has 2 heterocycles. The second-order valence-electron chi connectivity index (χ2n) is 7.33. The Morgan fingerprint density at radius 1 is 1.52 bits per heavy atom. The Morgan fingerprint density at radius 3 is 2.95 bits per heavy atom. The summed E-state index contributed by atoms with van der Waals surface area (Å²) < 4.78 is 5.98. The quantitative estimate of drug-likeness (QED) is 0.928. The van der Waals surface area contributed by atoms with E-state index < -0.39 is 0 Å². The van der Waals surface area contributed by atoms with Crippen molar-refractivity contribution in [2.24, 2.45) is 17.1 Å². The predicted octanol–water partition coefficient (Wildman–Crippen LogP) is 2.42. The molecule has 0 amide bonds. The molecule has 2 N–H and O–H groups in total. The number of aryl methyl sites for hydroxylation is 1. The van der Waals surface area contributed by atoms with Gasteiger partial charge >= 0.3 is 0 Å². The molecule has 0 aromatic carbocycles. The monoisotopic (exact) mass is 309 g/mol. The smallest absolute Gasteiger partial charge is 0.0897 e. The zero-order valence-electron chi connectivity index (χ0n) is 13.6. The minimum atomic E-state index is -0.155. The van der Waals surface area contributed by atoms with Gasteiger partial charge in [-0.1, -0.05) is 13.8 Å². The van der Waals surface area contributed by atoms with Gasteiger partial charge in [0.2, 0.25) is 0 Å². The van der Waals surface area contributed by atoms with Gasteiger partial charge in [-0.3, -0.25) is 4.90 Å². The van der Waals surface area contributed by atoms with Crippen LogP contribution in [-0.4, -0.2) is 41.7 Å². The Bertz CT molecular complexity index is 515. The van der Waals surface area contributed by atoms with Crippen molar-refractivity contribution >= 4 is 11.3 Å². The maximum Gasteiger partial charge on any atom is 0.0897 e. The number of fused-ring (bicyclic) bond motifs is 1. The molecule has 5 heteroatoms. The van der Waals surface area contributed by atoms with Crippen molar-refractivity contribution in [2.75, 3.05) is 20.2 Å². The molecule has 1 aromatic rings. The lowest BCUT2D eigenvalue weighted by Crippen LogP contribution is -2.80. The third-order valence-electron chi connectivity index (χ3n) is 5.52. The third kappa shape index (κ3) is 2.44. The molecule has 2 aliphatic rings. The van der Waals surface area contributed by atoms with Crippen LogP contribution in [0.1, 0.15) is 37.4 Å². The largest absolute Gasteiger partial charge is 0.377 e. The van der Waals surface area contributed by atoms with Gasteiger partial charge in [0.15, 0.2) is 0 Å². The Balaban J connectivity index is 1.68. The van der Waals surface area contributed by atoms with Gasteiger partial charge in [-0.2, -0.15) is 0 Å². The lowest BCUT2D eigenvalue weighted by Gasteiger charge is -2.67. The first-order valence-corrected chi connectivity index (χ1v) is 8.72. The second-order valence-corrected chi connectivity index (χ2v) is 8.39. The van der Waals surface area contributed by atoms with E-state index in [1.54, 1.807) is 11.3 Å². The first kappa shape index (κ1) is 15.4. The Hall–Kier alpha value is -0.490. The van der Waals surface area contributed by atoms with Crippen molar-refractivity contribution in [1.29, 1.82) is 0 Å². The molecule has 21 heavy (non-hydrogen) atoms. The van der Waals surface area contributed by atoms with Crippen LogP contribution >= 0.6 is 11.3 Å². The number of aromatic nitrogens is 1. The van der Waals surface area contributed by atoms with Gasteiger partial charge in [0.1, 0.15) is 0 Å². The molecule has 1 aliphatic heterocycles. The van der Waals surface area contributed by atoms with Crippen molar-refractivity contribution in [1.82, 2.24) is 9.88 Å². The first-order valence-electron chi connectivity index (χ1n) is 7.84. The van der Waals surface area contributed by atoms with E-state index in [9.17, 15) is 0 Å². The van der Waals surface area contributed by atoms with E-state index in [1.165, 1.54) is 6.42 Å². The summed E-state index contributed by atoms with van der Waals surface area (Å²) in [5.41, 5.74) is 7.90. The molecule has 1 aromatic heterocycles. The molecular weight excluding hydrogens is 282 g/mol. The van der Waals surface area contributed by atoms with Crippen LogP contribution in [-0.2, 0) is 11.3 Å². The average Bonchev–Trinajstić information content (AvgIpc) is 2.83. The highest BCUT2D eigenvalue weighted by Gasteiger charge is 2.66. The summed E-state index contributed by atoms with van der Waals surface area (Å²) >= 11 is 1.71. The van der Waals surface area contributed by atoms with Crippen molar-refractivity contribution < 1.29 is 4.74 Å². The van der Waals surface area contributed by atoms with Gasteiger partial charge in [0, 0.05) is 41.9 Å². The Morgan fingerprint density at radius 2 is 2.29 bits per heavy atom. The molecule has 3 unspecified atom stereocenters. The summed E-state index contributed by atoms with van der Waals surface area (Å²) in [6, 6.07) is 0. The zero-order chi connectivity index (χ0) is 15.3. The summed E-state index contributed by atoms with van der Waals surface area (Å²) in [6.07, 6.45) is 2.69. The van der Waals surface area contributed by atoms with Crippen LogP contribution in [0.2, 0.25) is 0 Å². The molecule has 1 saturated heterocycles. The molecule has 0 bridgehead atoms. The summed E-state index contributed by atoms with van der Waals surface area (Å²) in [5, 5.41) is 3.28. The van der Waals surface area contributed by atoms with Gasteiger partial charge in [-0.05, 0) is 26.8 Å². The van der Waals surface area contributed by atoms with Crippen molar-refractivity contribution in [3.05, 3.63) is 16.1 Å². The third-order valence-corrected chi connectivity index (χ3v) is 6.35. The van der Waals surface area contributed by atoms with Crippen LogP contribution in [0.25, 0.3) is 0 Å². The highest BCUT2D eigenvalue weighted by Crippen LogP contribution is 2.57. The highest BCUT2D eigenvalue weighted by atomic mass is 32.1. The number of likely N-dealkylation sites (N-methyl/N-ethyl adjacent to an activating group) is 1. The maximum absolute atomic E-state index is 6.86. The molecule has 3 rings (SSSR count). The van der Waals surface area contributed by atoms with Gasteiger partial charge in [-0.25, -0.2) is 4.98 Å². The van der Waals surface area contributed by atoms with E-state index in [2.05, 4.69) is 43.1 Å². The van der Waals surface area contributed by atoms with Crippen LogP contribution in [0.5, 0.6) is 0 Å². The number of hydrogen-bond donors (Lipinski definition) is 1. The number of nitrogens with two attached hydrogens (primary N) is 1. The molecule has 0 spiro atoms. The minimum absolute atomic E-state index is 0.0460. The van der Waals surface area contributed by atoms with Crippen LogP contribution in [0, 0.1) is 18.3 Å². The normalized spacial score (nSPS) is 34.6. The van der Waals surface area contributed by atoms with Crippen LogP contribution in [0.4, 0.5) is 0 Å². The summed E-state index contributed by atoms with van der Waals surface area (Å²) in [4.78, 5) is 6.87. The van der Waals surface area contributed by atoms with E-state index in [-0.39, 0.29) is 11.0 Å². The number of hydrogen-bond acceptors (Lipinski definition) is 5. The molecule has 3 atom stereocenters. The first-order chi connectivity index (χ1) is 9.84. The fourth-order valence-corrected chi connectivity index (χ4v) is 4.85.